The second-order valence-electron chi connectivity index (χ2n) is 5.03. The van der Waals surface area contributed by atoms with Gasteiger partial charge in [0.2, 0.25) is 0 Å². The van der Waals surface area contributed by atoms with Crippen molar-refractivity contribution in [3.8, 4) is 0 Å². The number of anilines is 1. The summed E-state index contributed by atoms with van der Waals surface area (Å²) in [5, 5.41) is 6.20. The third-order valence-electron chi connectivity index (χ3n) is 3.17. The molecule has 0 radical (unpaired) electrons. The minimum atomic E-state index is -0.0846. The molecule has 0 saturated carbocycles. The lowest BCUT2D eigenvalue weighted by molar-refractivity contribution is 0.0948. The first-order valence-corrected chi connectivity index (χ1v) is 7.76. The summed E-state index contributed by atoms with van der Waals surface area (Å²) in [6, 6.07) is 3.69. The molecule has 1 rings (SSSR count). The molecule has 1 aromatic heterocycles. The van der Waals surface area contributed by atoms with Crippen molar-refractivity contribution in [3.05, 3.63) is 24.0 Å². The van der Waals surface area contributed by atoms with Crippen LogP contribution in [0.4, 0.5) is 5.69 Å². The Hall–Kier alpha value is -1.58. The number of hydrogen-bond acceptors (Lipinski definition) is 3. The summed E-state index contributed by atoms with van der Waals surface area (Å²) >= 11 is 0. The van der Waals surface area contributed by atoms with Crippen molar-refractivity contribution < 1.29 is 4.79 Å². The molecule has 0 spiro atoms. The maximum absolute atomic E-state index is 11.8. The van der Waals surface area contributed by atoms with Crippen LogP contribution >= 0.6 is 0 Å². The maximum atomic E-state index is 11.8. The molecule has 1 amide bonds. The minimum Gasteiger partial charge on any atom is -0.384 e. The Morgan fingerprint density at radius 2 is 1.75 bits per heavy atom. The van der Waals surface area contributed by atoms with Gasteiger partial charge in [0.05, 0.1) is 11.9 Å². The summed E-state index contributed by atoms with van der Waals surface area (Å²) in [5.41, 5.74) is 1.46. The van der Waals surface area contributed by atoms with E-state index in [0.29, 0.717) is 5.69 Å². The highest BCUT2D eigenvalue weighted by molar-refractivity contribution is 5.92. The van der Waals surface area contributed by atoms with E-state index in [2.05, 4.69) is 29.5 Å². The molecule has 2 N–H and O–H groups in total. The lowest BCUT2D eigenvalue weighted by Crippen LogP contribution is -2.25. The summed E-state index contributed by atoms with van der Waals surface area (Å²) in [4.78, 5) is 16.0. The number of pyridine rings is 1. The fourth-order valence-electron chi connectivity index (χ4n) is 1.91. The van der Waals surface area contributed by atoms with E-state index in [-0.39, 0.29) is 5.91 Å². The molecule has 0 atom stereocenters. The number of rotatable bonds is 10. The monoisotopic (exact) mass is 277 g/mol. The summed E-state index contributed by atoms with van der Waals surface area (Å²) in [7, 11) is 0. The quantitative estimate of drug-likeness (QED) is 0.642. The molecular weight excluding hydrogens is 250 g/mol. The van der Waals surface area contributed by atoms with E-state index in [1.54, 1.807) is 12.3 Å². The number of nitrogens with one attached hydrogen (secondary N) is 2. The van der Waals surface area contributed by atoms with E-state index >= 15 is 0 Å². The first-order valence-electron chi connectivity index (χ1n) is 7.76. The lowest BCUT2D eigenvalue weighted by Gasteiger charge is -2.07. The third kappa shape index (κ3) is 6.55. The predicted octanol–water partition coefficient (Wildman–Crippen LogP) is 3.60. The molecule has 4 heteroatoms. The number of aromatic nitrogens is 1. The topological polar surface area (TPSA) is 54.0 Å². The molecule has 0 aliphatic carbocycles. The van der Waals surface area contributed by atoms with Crippen LogP contribution in [-0.4, -0.2) is 24.0 Å². The molecule has 0 aliphatic heterocycles. The Morgan fingerprint density at radius 1 is 1.05 bits per heavy atom. The molecule has 0 unspecified atom stereocenters. The van der Waals surface area contributed by atoms with E-state index in [4.69, 9.17) is 0 Å². The average molecular weight is 277 g/mol. The van der Waals surface area contributed by atoms with Gasteiger partial charge in [0.25, 0.3) is 5.91 Å². The van der Waals surface area contributed by atoms with E-state index in [1.807, 2.05) is 6.07 Å². The summed E-state index contributed by atoms with van der Waals surface area (Å²) in [6.45, 7) is 6.02. The van der Waals surface area contributed by atoms with E-state index in [1.165, 1.54) is 12.8 Å². The number of amides is 1. The molecule has 0 fully saturated rings. The van der Waals surface area contributed by atoms with Crippen LogP contribution in [0.3, 0.4) is 0 Å². The normalized spacial score (nSPS) is 10.3. The van der Waals surface area contributed by atoms with Crippen LogP contribution in [-0.2, 0) is 0 Å². The van der Waals surface area contributed by atoms with Crippen molar-refractivity contribution in [1.82, 2.24) is 10.3 Å². The molecule has 20 heavy (non-hydrogen) atoms. The SMILES string of the molecule is CCCCCNC(=O)c1ccc(NCCCCC)cn1. The molecular formula is C16H27N3O. The van der Waals surface area contributed by atoms with Gasteiger partial charge < -0.3 is 10.6 Å². The van der Waals surface area contributed by atoms with Gasteiger partial charge in [0, 0.05) is 13.1 Å². The first kappa shape index (κ1) is 16.5. The van der Waals surface area contributed by atoms with Gasteiger partial charge in [-0.2, -0.15) is 0 Å². The van der Waals surface area contributed by atoms with Crippen LogP contribution < -0.4 is 10.6 Å². The van der Waals surface area contributed by atoms with Crippen LogP contribution in [0.2, 0.25) is 0 Å². The predicted molar refractivity (Wildman–Crippen MR) is 84.1 cm³/mol. The van der Waals surface area contributed by atoms with Crippen molar-refractivity contribution in [2.24, 2.45) is 0 Å². The number of carbonyl (C=O) groups excluding carboxylic acids is 1. The van der Waals surface area contributed by atoms with Crippen molar-refractivity contribution in [3.63, 3.8) is 0 Å². The second kappa shape index (κ2) is 10.2. The average Bonchev–Trinajstić information content (AvgIpc) is 2.48. The first-order chi connectivity index (χ1) is 9.77. The number of unbranched alkanes of at least 4 members (excludes halogenated alkanes) is 4. The molecule has 4 nitrogen and oxygen atoms in total. The number of nitrogens with zero attached hydrogens (tertiary/aromatic N) is 1. The summed E-state index contributed by atoms with van der Waals surface area (Å²) < 4.78 is 0. The van der Waals surface area contributed by atoms with Gasteiger partial charge in [-0.05, 0) is 25.0 Å². The third-order valence-corrected chi connectivity index (χ3v) is 3.17. The Morgan fingerprint density at radius 3 is 2.35 bits per heavy atom. The summed E-state index contributed by atoms with van der Waals surface area (Å²) in [5.74, 6) is -0.0846. The van der Waals surface area contributed by atoms with Crippen molar-refractivity contribution in [2.45, 2.75) is 52.4 Å². The van der Waals surface area contributed by atoms with E-state index < -0.39 is 0 Å². The molecule has 0 bridgehead atoms. The molecule has 112 valence electrons. The molecule has 0 aromatic carbocycles. The smallest absolute Gasteiger partial charge is 0.269 e. The van der Waals surface area contributed by atoms with Gasteiger partial charge in [-0.3, -0.25) is 4.79 Å². The molecule has 1 heterocycles. The zero-order valence-corrected chi connectivity index (χ0v) is 12.7. The van der Waals surface area contributed by atoms with Crippen molar-refractivity contribution in [2.75, 3.05) is 18.4 Å². The molecule has 0 saturated heterocycles. The Balaban J connectivity index is 2.31. The minimum absolute atomic E-state index is 0.0846. The standard InChI is InChI=1S/C16H27N3O/c1-3-5-7-11-17-14-9-10-15(19-13-14)16(20)18-12-8-6-4-2/h9-10,13,17H,3-8,11-12H2,1-2H3,(H,18,20). The lowest BCUT2D eigenvalue weighted by atomic mass is 10.2. The maximum Gasteiger partial charge on any atom is 0.269 e. The Labute approximate surface area is 122 Å². The summed E-state index contributed by atoms with van der Waals surface area (Å²) in [6.07, 6.45) is 8.68. The van der Waals surface area contributed by atoms with Crippen molar-refractivity contribution >= 4 is 11.6 Å². The highest BCUT2D eigenvalue weighted by Gasteiger charge is 2.05. The van der Waals surface area contributed by atoms with Crippen LogP contribution in [0.15, 0.2) is 18.3 Å². The van der Waals surface area contributed by atoms with Gasteiger partial charge in [0.15, 0.2) is 0 Å². The largest absolute Gasteiger partial charge is 0.384 e. The number of hydrogen-bond donors (Lipinski definition) is 2. The van der Waals surface area contributed by atoms with Crippen molar-refractivity contribution in [1.29, 1.82) is 0 Å². The van der Waals surface area contributed by atoms with Crippen LogP contribution in [0.1, 0.15) is 62.9 Å². The van der Waals surface area contributed by atoms with Gasteiger partial charge in [-0.1, -0.05) is 39.5 Å². The fraction of sp³-hybridized carbons (Fsp3) is 0.625. The van der Waals surface area contributed by atoms with Crippen LogP contribution in [0.5, 0.6) is 0 Å². The van der Waals surface area contributed by atoms with Crippen LogP contribution in [0, 0.1) is 0 Å². The van der Waals surface area contributed by atoms with Crippen LogP contribution in [0.25, 0.3) is 0 Å². The van der Waals surface area contributed by atoms with Gasteiger partial charge in [-0.25, -0.2) is 4.98 Å². The van der Waals surface area contributed by atoms with Gasteiger partial charge in [0.1, 0.15) is 5.69 Å². The van der Waals surface area contributed by atoms with E-state index in [0.717, 1.165) is 44.5 Å². The second-order valence-corrected chi connectivity index (χ2v) is 5.03. The highest BCUT2D eigenvalue weighted by atomic mass is 16.1. The van der Waals surface area contributed by atoms with E-state index in [9.17, 15) is 4.79 Å². The molecule has 0 aliphatic rings. The number of carbonyl (C=O) groups is 1. The zero-order chi connectivity index (χ0) is 14.6. The Bertz CT molecular complexity index is 376. The zero-order valence-electron chi connectivity index (χ0n) is 12.7. The highest BCUT2D eigenvalue weighted by Crippen LogP contribution is 2.07. The fourth-order valence-corrected chi connectivity index (χ4v) is 1.91. The molecule has 1 aromatic rings. The van der Waals surface area contributed by atoms with Gasteiger partial charge >= 0.3 is 0 Å². The Kier molecular flexibility index (Phi) is 8.43. The van der Waals surface area contributed by atoms with Gasteiger partial charge in [-0.15, -0.1) is 0 Å².